The third kappa shape index (κ3) is 4.31. The van der Waals surface area contributed by atoms with Crippen LogP contribution in [0.2, 0.25) is 0 Å². The topological polar surface area (TPSA) is 91.7 Å². The van der Waals surface area contributed by atoms with Gasteiger partial charge in [0.1, 0.15) is 0 Å². The molecule has 3 rings (SSSR count). The van der Waals surface area contributed by atoms with E-state index in [2.05, 4.69) is 31.9 Å². The predicted octanol–water partition coefficient (Wildman–Crippen LogP) is 5.44. The van der Waals surface area contributed by atoms with Gasteiger partial charge in [-0.15, -0.1) is 0 Å². The second kappa shape index (κ2) is 8.24. The Morgan fingerprint density at radius 3 is 1.50 bits per heavy atom. The number of benzene rings is 2. The average Bonchev–Trinajstić information content (AvgIpc) is 2.94. The van der Waals surface area contributed by atoms with Crippen LogP contribution in [0.25, 0.3) is 12.2 Å². The molecule has 2 aromatic rings. The molecule has 1 aliphatic carbocycles. The van der Waals surface area contributed by atoms with Gasteiger partial charge in [-0.25, -0.2) is 9.59 Å². The molecule has 28 heavy (non-hydrogen) atoms. The van der Waals surface area contributed by atoms with Crippen LogP contribution in [0.15, 0.2) is 56.5 Å². The van der Waals surface area contributed by atoms with Crippen molar-refractivity contribution >= 4 is 61.7 Å². The molecule has 0 atom stereocenters. The minimum absolute atomic E-state index is 0.0585. The lowest BCUT2D eigenvalue weighted by Crippen LogP contribution is -1.99. The quantitative estimate of drug-likeness (QED) is 0.540. The molecule has 2 aromatic carbocycles. The van der Waals surface area contributed by atoms with Crippen molar-refractivity contribution in [2.24, 2.45) is 0 Å². The molecule has 0 aliphatic heterocycles. The Labute approximate surface area is 177 Å². The van der Waals surface area contributed by atoms with Crippen LogP contribution in [0.1, 0.15) is 44.7 Å². The molecule has 0 unspecified atom stereocenters. The molecule has 142 valence electrons. The van der Waals surface area contributed by atoms with Gasteiger partial charge in [0.05, 0.1) is 11.1 Å². The van der Waals surface area contributed by atoms with E-state index in [0.717, 1.165) is 11.1 Å². The highest BCUT2D eigenvalue weighted by Crippen LogP contribution is 2.31. The molecule has 0 spiro atoms. The number of aromatic carboxylic acids is 2. The van der Waals surface area contributed by atoms with E-state index in [9.17, 15) is 14.4 Å². The van der Waals surface area contributed by atoms with Crippen LogP contribution in [0.3, 0.4) is 0 Å². The largest absolute Gasteiger partial charge is 0.478 e. The van der Waals surface area contributed by atoms with Crippen LogP contribution in [0.4, 0.5) is 0 Å². The number of carbonyl (C=O) groups is 3. The van der Waals surface area contributed by atoms with E-state index in [1.807, 2.05) is 0 Å². The number of hydrogen-bond donors (Lipinski definition) is 2. The first-order valence-electron chi connectivity index (χ1n) is 8.28. The number of ketones is 1. The maximum atomic E-state index is 12.7. The van der Waals surface area contributed by atoms with Crippen molar-refractivity contribution in [3.63, 3.8) is 0 Å². The Bertz CT molecular complexity index is 983. The Balaban J connectivity index is 1.85. The highest BCUT2D eigenvalue weighted by atomic mass is 79.9. The van der Waals surface area contributed by atoms with Gasteiger partial charge < -0.3 is 10.2 Å². The second-order valence-corrected chi connectivity index (χ2v) is 7.97. The summed E-state index contributed by atoms with van der Waals surface area (Å²) in [5, 5.41) is 18.2. The highest BCUT2D eigenvalue weighted by Gasteiger charge is 2.23. The predicted molar refractivity (Wildman–Crippen MR) is 112 cm³/mol. The second-order valence-electron chi connectivity index (χ2n) is 6.26. The van der Waals surface area contributed by atoms with Crippen LogP contribution in [-0.2, 0) is 4.79 Å². The van der Waals surface area contributed by atoms with Crippen molar-refractivity contribution in [3.05, 3.63) is 78.7 Å². The monoisotopic (exact) mass is 504 g/mol. The third-order valence-corrected chi connectivity index (χ3v) is 5.69. The fourth-order valence-corrected chi connectivity index (χ4v) is 4.10. The molecular weight excluding hydrogens is 492 g/mol. The molecule has 1 fully saturated rings. The number of carboxylic acid groups (broad SMARTS) is 2. The maximum absolute atomic E-state index is 12.7. The molecule has 0 aromatic heterocycles. The van der Waals surface area contributed by atoms with Gasteiger partial charge in [0.25, 0.3) is 0 Å². The molecule has 0 heterocycles. The molecule has 5 nitrogen and oxygen atoms in total. The van der Waals surface area contributed by atoms with E-state index in [-0.39, 0.29) is 16.9 Å². The standard InChI is InChI=1S/C21H14Br2O5/c22-17-9-11(1-5-15(17)20(25)26)7-13-3-4-14(19(13)24)8-12-2-6-16(21(27)28)18(23)10-12/h1-2,5-10H,3-4H2,(H,25,26)(H,27,28). The van der Waals surface area contributed by atoms with E-state index < -0.39 is 11.9 Å². The van der Waals surface area contributed by atoms with Crippen molar-refractivity contribution in [2.75, 3.05) is 0 Å². The summed E-state index contributed by atoms with van der Waals surface area (Å²) >= 11 is 6.48. The number of rotatable bonds is 4. The summed E-state index contributed by atoms with van der Waals surface area (Å²) in [6.45, 7) is 0. The molecule has 0 amide bonds. The minimum atomic E-state index is -1.02. The van der Waals surface area contributed by atoms with Crippen molar-refractivity contribution < 1.29 is 24.6 Å². The van der Waals surface area contributed by atoms with Gasteiger partial charge >= 0.3 is 11.9 Å². The van der Waals surface area contributed by atoms with Crippen LogP contribution in [0, 0.1) is 0 Å². The number of Topliss-reactive ketones (excluding diaryl/α,β-unsaturated/α-hetero) is 1. The molecule has 0 bridgehead atoms. The van der Waals surface area contributed by atoms with Gasteiger partial charge in [-0.2, -0.15) is 0 Å². The Hall–Kier alpha value is -2.51. The SMILES string of the molecule is O=C1C(=Cc2ccc(C(=O)O)c(Br)c2)CCC1=Cc1ccc(C(=O)O)c(Br)c1. The number of allylic oxidation sites excluding steroid dienone is 2. The average molecular weight is 506 g/mol. The Morgan fingerprint density at radius 1 is 0.786 bits per heavy atom. The molecular formula is C21H14Br2O5. The summed E-state index contributed by atoms with van der Waals surface area (Å²) in [5.74, 6) is -2.10. The lowest BCUT2D eigenvalue weighted by atomic mass is 10.0. The molecule has 2 N–H and O–H groups in total. The fraction of sp³-hybridized carbons (Fsp3) is 0.0952. The van der Waals surface area contributed by atoms with Gasteiger partial charge in [-0.05, 0) is 92.2 Å². The Kier molecular flexibility index (Phi) is 5.96. The van der Waals surface area contributed by atoms with Gasteiger partial charge in [-0.1, -0.05) is 12.1 Å². The first-order valence-corrected chi connectivity index (χ1v) is 9.86. The lowest BCUT2D eigenvalue weighted by Gasteiger charge is -2.02. The molecule has 1 saturated carbocycles. The summed E-state index contributed by atoms with van der Waals surface area (Å²) in [6.07, 6.45) is 4.72. The summed E-state index contributed by atoms with van der Waals surface area (Å²) in [7, 11) is 0. The number of carboxylic acids is 2. The zero-order valence-corrected chi connectivity index (χ0v) is 17.6. The van der Waals surface area contributed by atoms with Crippen molar-refractivity contribution in [1.82, 2.24) is 0 Å². The van der Waals surface area contributed by atoms with Gasteiger partial charge in [-0.3, -0.25) is 4.79 Å². The highest BCUT2D eigenvalue weighted by molar-refractivity contribution is 9.10. The summed E-state index contributed by atoms with van der Waals surface area (Å²) < 4.78 is 0.915. The zero-order valence-electron chi connectivity index (χ0n) is 14.4. The maximum Gasteiger partial charge on any atom is 0.336 e. The van der Waals surface area contributed by atoms with Crippen LogP contribution < -0.4 is 0 Å². The number of halogens is 2. The first-order chi connectivity index (χ1) is 13.3. The van der Waals surface area contributed by atoms with Crippen LogP contribution in [0.5, 0.6) is 0 Å². The van der Waals surface area contributed by atoms with Gasteiger partial charge in [0, 0.05) is 20.1 Å². The van der Waals surface area contributed by atoms with Crippen LogP contribution >= 0.6 is 31.9 Å². The summed E-state index contributed by atoms with van der Waals surface area (Å²) in [5.41, 5.74) is 3.13. The summed E-state index contributed by atoms with van der Waals surface area (Å²) in [4.78, 5) is 34.9. The lowest BCUT2D eigenvalue weighted by molar-refractivity contribution is -0.111. The van der Waals surface area contributed by atoms with Crippen molar-refractivity contribution in [2.45, 2.75) is 12.8 Å². The zero-order chi connectivity index (χ0) is 20.4. The van der Waals surface area contributed by atoms with E-state index in [1.165, 1.54) is 12.1 Å². The van der Waals surface area contributed by atoms with E-state index >= 15 is 0 Å². The third-order valence-electron chi connectivity index (χ3n) is 4.38. The van der Waals surface area contributed by atoms with Gasteiger partial charge in [0.2, 0.25) is 0 Å². The van der Waals surface area contributed by atoms with Crippen molar-refractivity contribution in [3.8, 4) is 0 Å². The summed E-state index contributed by atoms with van der Waals surface area (Å²) in [6, 6.07) is 9.67. The molecule has 7 heteroatoms. The van der Waals surface area contributed by atoms with E-state index in [4.69, 9.17) is 10.2 Å². The first kappa shape index (κ1) is 20.2. The van der Waals surface area contributed by atoms with Crippen LogP contribution in [-0.4, -0.2) is 27.9 Å². The Morgan fingerprint density at radius 2 is 1.18 bits per heavy atom. The normalized spacial score (nSPS) is 16.7. The van der Waals surface area contributed by atoms with E-state index in [1.54, 1.807) is 36.4 Å². The molecule has 1 aliphatic rings. The molecule has 0 saturated heterocycles. The number of carbonyl (C=O) groups excluding carboxylic acids is 1. The minimum Gasteiger partial charge on any atom is -0.478 e. The van der Waals surface area contributed by atoms with Gasteiger partial charge in [0.15, 0.2) is 5.78 Å². The molecule has 0 radical (unpaired) electrons. The smallest absolute Gasteiger partial charge is 0.336 e. The fourth-order valence-electron chi connectivity index (χ4n) is 2.97. The number of hydrogen-bond acceptors (Lipinski definition) is 3. The van der Waals surface area contributed by atoms with E-state index in [0.29, 0.717) is 32.9 Å². The van der Waals surface area contributed by atoms with Crippen molar-refractivity contribution in [1.29, 1.82) is 0 Å².